The highest BCUT2D eigenvalue weighted by atomic mass is 16.5. The Morgan fingerprint density at radius 2 is 1.88 bits per heavy atom. The van der Waals surface area contributed by atoms with Gasteiger partial charge < -0.3 is 19.2 Å². The van der Waals surface area contributed by atoms with E-state index >= 15 is 0 Å². The van der Waals surface area contributed by atoms with Gasteiger partial charge in [-0.15, -0.1) is 0 Å². The average Bonchev–Trinajstić information content (AvgIpc) is 3.09. The topological polar surface area (TPSA) is 60.7 Å². The van der Waals surface area contributed by atoms with Gasteiger partial charge in [0.25, 0.3) is 5.91 Å². The maximum atomic E-state index is 12.0. The van der Waals surface area contributed by atoms with E-state index in [1.54, 1.807) is 19.2 Å². The number of amides is 1. The molecule has 2 rings (SSSR count). The number of unbranched alkanes of at least 4 members (excludes halogenated alkanes) is 3. The molecule has 0 unspecified atom stereocenters. The molecule has 1 N–H and O–H groups in total. The zero-order valence-corrected chi connectivity index (χ0v) is 14.3. The second kappa shape index (κ2) is 9.65. The van der Waals surface area contributed by atoms with Gasteiger partial charge in [0.2, 0.25) is 0 Å². The fourth-order valence-electron chi connectivity index (χ4n) is 2.31. The molecule has 0 saturated carbocycles. The minimum Gasteiger partial charge on any atom is -0.493 e. The molecule has 0 aliphatic carbocycles. The van der Waals surface area contributed by atoms with Crippen molar-refractivity contribution < 1.29 is 18.7 Å². The summed E-state index contributed by atoms with van der Waals surface area (Å²) in [6, 6.07) is 10.8. The maximum Gasteiger partial charge on any atom is 0.286 e. The van der Waals surface area contributed by atoms with Crippen molar-refractivity contribution in [1.82, 2.24) is 5.32 Å². The lowest BCUT2D eigenvalue weighted by atomic mass is 10.2. The second-order valence-corrected chi connectivity index (χ2v) is 5.52. The van der Waals surface area contributed by atoms with E-state index in [4.69, 9.17) is 13.9 Å². The third-order valence-corrected chi connectivity index (χ3v) is 3.64. The predicted octanol–water partition coefficient (Wildman–Crippen LogP) is 4.18. The molecule has 1 heterocycles. The molecular formula is C19H25NO4. The van der Waals surface area contributed by atoms with Crippen molar-refractivity contribution in [3.8, 4) is 11.5 Å². The van der Waals surface area contributed by atoms with Gasteiger partial charge >= 0.3 is 0 Å². The normalized spacial score (nSPS) is 10.4. The summed E-state index contributed by atoms with van der Waals surface area (Å²) in [6.45, 7) is 3.08. The molecule has 1 amide bonds. The van der Waals surface area contributed by atoms with Crippen LogP contribution in [0.3, 0.4) is 0 Å². The number of rotatable bonds is 10. The van der Waals surface area contributed by atoms with Crippen LogP contribution in [0.5, 0.6) is 11.5 Å². The highest BCUT2D eigenvalue weighted by molar-refractivity contribution is 5.91. The van der Waals surface area contributed by atoms with Crippen LogP contribution in [0, 0.1) is 0 Å². The van der Waals surface area contributed by atoms with Crippen LogP contribution in [0.15, 0.2) is 40.8 Å². The average molecular weight is 331 g/mol. The zero-order valence-electron chi connectivity index (χ0n) is 14.3. The Balaban J connectivity index is 1.81. The molecule has 1 aromatic carbocycles. The number of hydrogen-bond donors (Lipinski definition) is 1. The van der Waals surface area contributed by atoms with E-state index in [0.29, 0.717) is 29.6 Å². The van der Waals surface area contributed by atoms with Crippen molar-refractivity contribution in [2.45, 2.75) is 39.2 Å². The molecule has 0 bridgehead atoms. The first-order valence-electron chi connectivity index (χ1n) is 8.37. The van der Waals surface area contributed by atoms with Crippen LogP contribution in [-0.2, 0) is 6.61 Å². The quantitative estimate of drug-likeness (QED) is 0.664. The van der Waals surface area contributed by atoms with Crippen molar-refractivity contribution in [3.05, 3.63) is 47.9 Å². The fraction of sp³-hybridized carbons (Fsp3) is 0.421. The molecule has 0 aliphatic rings. The number of carbonyl (C=O) groups is 1. The molecule has 2 aromatic rings. The smallest absolute Gasteiger partial charge is 0.286 e. The Bertz CT molecular complexity index is 636. The minimum atomic E-state index is -0.185. The first-order valence-corrected chi connectivity index (χ1v) is 8.37. The van der Waals surface area contributed by atoms with Gasteiger partial charge in [0, 0.05) is 6.54 Å². The number of para-hydroxylation sites is 2. The molecule has 5 nitrogen and oxygen atoms in total. The molecule has 24 heavy (non-hydrogen) atoms. The Morgan fingerprint density at radius 3 is 2.62 bits per heavy atom. The standard InChI is InChI=1S/C19H25NO4/c1-3-4-5-8-13-20-19(21)18-12-11-15(24-18)14-23-17-10-7-6-9-16(17)22-2/h6-7,9-12H,3-5,8,13-14H2,1-2H3,(H,20,21). The van der Waals surface area contributed by atoms with Gasteiger partial charge in [-0.2, -0.15) is 0 Å². The van der Waals surface area contributed by atoms with E-state index < -0.39 is 0 Å². The summed E-state index contributed by atoms with van der Waals surface area (Å²) in [6.07, 6.45) is 4.50. The largest absolute Gasteiger partial charge is 0.493 e. The van der Waals surface area contributed by atoms with Crippen LogP contribution >= 0.6 is 0 Å². The highest BCUT2D eigenvalue weighted by Crippen LogP contribution is 2.26. The van der Waals surface area contributed by atoms with E-state index in [1.807, 2.05) is 24.3 Å². The highest BCUT2D eigenvalue weighted by Gasteiger charge is 2.11. The number of benzene rings is 1. The van der Waals surface area contributed by atoms with Crippen molar-refractivity contribution in [3.63, 3.8) is 0 Å². The Morgan fingerprint density at radius 1 is 1.08 bits per heavy atom. The van der Waals surface area contributed by atoms with Crippen LogP contribution < -0.4 is 14.8 Å². The van der Waals surface area contributed by atoms with E-state index in [2.05, 4.69) is 12.2 Å². The second-order valence-electron chi connectivity index (χ2n) is 5.52. The van der Waals surface area contributed by atoms with Crippen molar-refractivity contribution >= 4 is 5.91 Å². The fourth-order valence-corrected chi connectivity index (χ4v) is 2.31. The summed E-state index contributed by atoms with van der Waals surface area (Å²) in [5.74, 6) is 2.02. The zero-order chi connectivity index (χ0) is 17.2. The van der Waals surface area contributed by atoms with Crippen LogP contribution in [0.1, 0.15) is 48.9 Å². The van der Waals surface area contributed by atoms with Crippen LogP contribution in [0.2, 0.25) is 0 Å². The van der Waals surface area contributed by atoms with E-state index in [0.717, 1.165) is 12.8 Å². The summed E-state index contributed by atoms with van der Waals surface area (Å²) in [5, 5.41) is 2.87. The van der Waals surface area contributed by atoms with Crippen LogP contribution in [0.4, 0.5) is 0 Å². The molecule has 0 radical (unpaired) electrons. The summed E-state index contributed by atoms with van der Waals surface area (Å²) in [7, 11) is 1.60. The molecule has 0 spiro atoms. The number of methoxy groups -OCH3 is 1. The van der Waals surface area contributed by atoms with Crippen molar-refractivity contribution in [2.75, 3.05) is 13.7 Å². The van der Waals surface area contributed by atoms with Gasteiger partial charge in [-0.1, -0.05) is 38.3 Å². The first kappa shape index (κ1) is 17.9. The van der Waals surface area contributed by atoms with Gasteiger partial charge in [0.15, 0.2) is 17.3 Å². The van der Waals surface area contributed by atoms with Crippen LogP contribution in [0.25, 0.3) is 0 Å². The Kier molecular flexibility index (Phi) is 7.21. The van der Waals surface area contributed by atoms with E-state index in [1.165, 1.54) is 12.8 Å². The third kappa shape index (κ3) is 5.33. The van der Waals surface area contributed by atoms with E-state index in [9.17, 15) is 4.79 Å². The van der Waals surface area contributed by atoms with Gasteiger partial charge in [0.05, 0.1) is 7.11 Å². The molecular weight excluding hydrogens is 306 g/mol. The third-order valence-electron chi connectivity index (χ3n) is 3.64. The molecule has 130 valence electrons. The summed E-state index contributed by atoms with van der Waals surface area (Å²) < 4.78 is 16.5. The van der Waals surface area contributed by atoms with Gasteiger partial charge in [-0.05, 0) is 30.7 Å². The van der Waals surface area contributed by atoms with E-state index in [-0.39, 0.29) is 12.5 Å². The summed E-state index contributed by atoms with van der Waals surface area (Å²) in [5.41, 5.74) is 0. The lowest BCUT2D eigenvalue weighted by Crippen LogP contribution is -2.23. The summed E-state index contributed by atoms with van der Waals surface area (Å²) >= 11 is 0. The monoisotopic (exact) mass is 331 g/mol. The molecule has 0 fully saturated rings. The minimum absolute atomic E-state index is 0.185. The number of carbonyl (C=O) groups excluding carboxylic acids is 1. The molecule has 0 aliphatic heterocycles. The molecule has 0 saturated heterocycles. The first-order chi connectivity index (χ1) is 11.7. The Hall–Kier alpha value is -2.43. The molecule has 5 heteroatoms. The SMILES string of the molecule is CCCCCCNC(=O)c1ccc(COc2ccccc2OC)o1. The van der Waals surface area contributed by atoms with Gasteiger partial charge in [-0.3, -0.25) is 4.79 Å². The number of ether oxygens (including phenoxy) is 2. The number of hydrogen-bond acceptors (Lipinski definition) is 4. The van der Waals surface area contributed by atoms with Crippen molar-refractivity contribution in [2.24, 2.45) is 0 Å². The number of nitrogens with one attached hydrogen (secondary N) is 1. The summed E-state index contributed by atoms with van der Waals surface area (Å²) in [4.78, 5) is 12.0. The Labute approximate surface area is 143 Å². The van der Waals surface area contributed by atoms with Gasteiger partial charge in [-0.25, -0.2) is 0 Å². The lowest BCUT2D eigenvalue weighted by Gasteiger charge is -2.08. The lowest BCUT2D eigenvalue weighted by molar-refractivity contribution is 0.0921. The molecule has 0 atom stereocenters. The van der Waals surface area contributed by atoms with Crippen molar-refractivity contribution in [1.29, 1.82) is 0 Å². The van der Waals surface area contributed by atoms with Crippen LogP contribution in [-0.4, -0.2) is 19.6 Å². The molecule has 1 aromatic heterocycles. The number of furan rings is 1. The van der Waals surface area contributed by atoms with Gasteiger partial charge in [0.1, 0.15) is 12.4 Å². The predicted molar refractivity (Wildman–Crippen MR) is 92.5 cm³/mol. The maximum absolute atomic E-state index is 12.0.